The van der Waals surface area contributed by atoms with Crippen LogP contribution in [0.25, 0.3) is 0 Å². The zero-order chi connectivity index (χ0) is 15.4. The van der Waals surface area contributed by atoms with E-state index in [1.807, 2.05) is 44.4 Å². The Labute approximate surface area is 132 Å². The predicted molar refractivity (Wildman–Crippen MR) is 91.5 cm³/mol. The van der Waals surface area contributed by atoms with Crippen molar-refractivity contribution < 1.29 is 4.79 Å². The number of hydrogen-bond acceptors (Lipinski definition) is 6. The van der Waals surface area contributed by atoms with E-state index in [9.17, 15) is 4.79 Å². The fourth-order valence-corrected chi connectivity index (χ4v) is 3.00. The van der Waals surface area contributed by atoms with Crippen molar-refractivity contribution in [3.63, 3.8) is 0 Å². The number of thioether (sulfide) groups is 1. The monoisotopic (exact) mass is 322 g/mol. The van der Waals surface area contributed by atoms with Gasteiger partial charge in [-0.3, -0.25) is 4.79 Å². The van der Waals surface area contributed by atoms with Gasteiger partial charge in [0.2, 0.25) is 0 Å². The number of carbonyl (C=O) groups is 1. The molecule has 0 fully saturated rings. The van der Waals surface area contributed by atoms with Gasteiger partial charge in [0.25, 0.3) is 5.91 Å². The number of nitrogens with one attached hydrogen (secondary N) is 2. The van der Waals surface area contributed by atoms with Gasteiger partial charge in [-0.2, -0.15) is 0 Å². The molecule has 1 amide bonds. The van der Waals surface area contributed by atoms with Gasteiger partial charge in [-0.05, 0) is 44.4 Å². The van der Waals surface area contributed by atoms with Crippen molar-refractivity contribution in [2.24, 2.45) is 0 Å². The van der Waals surface area contributed by atoms with Gasteiger partial charge >= 0.3 is 0 Å². The minimum absolute atomic E-state index is 0.237. The van der Waals surface area contributed by atoms with Gasteiger partial charge in [0.15, 0.2) is 5.13 Å². The molecule has 7 heteroatoms. The minimum Gasteiger partial charge on any atom is -0.382 e. The number of nitrogens with two attached hydrogens (primary N) is 1. The Morgan fingerprint density at radius 3 is 2.57 bits per heavy atom. The van der Waals surface area contributed by atoms with Crippen LogP contribution in [0.1, 0.15) is 23.5 Å². The average molecular weight is 322 g/mol. The zero-order valence-corrected chi connectivity index (χ0v) is 13.8. The van der Waals surface area contributed by atoms with Gasteiger partial charge < -0.3 is 16.4 Å². The Hall–Kier alpha value is -1.73. The number of rotatable bonds is 5. The fourth-order valence-electron chi connectivity index (χ4n) is 1.67. The van der Waals surface area contributed by atoms with Crippen molar-refractivity contribution in [3.05, 3.63) is 29.1 Å². The molecule has 0 saturated heterocycles. The molecule has 0 aliphatic rings. The highest BCUT2D eigenvalue weighted by atomic mass is 32.2. The molecule has 2 rings (SSSR count). The lowest BCUT2D eigenvalue weighted by molar-refractivity contribution is 0.103. The second kappa shape index (κ2) is 6.82. The summed E-state index contributed by atoms with van der Waals surface area (Å²) in [6.45, 7) is 4.01. The highest BCUT2D eigenvalue weighted by Crippen LogP contribution is 2.26. The third-order valence-electron chi connectivity index (χ3n) is 2.62. The van der Waals surface area contributed by atoms with Gasteiger partial charge in [0, 0.05) is 16.6 Å². The normalized spacial score (nSPS) is 10.7. The Bertz CT molecular complexity index is 622. The first-order valence-electron chi connectivity index (χ1n) is 6.48. The van der Waals surface area contributed by atoms with Gasteiger partial charge in [-0.25, -0.2) is 4.98 Å². The van der Waals surface area contributed by atoms with Crippen LogP contribution in [0.15, 0.2) is 29.2 Å². The van der Waals surface area contributed by atoms with Crippen molar-refractivity contribution in [1.29, 1.82) is 0 Å². The third kappa shape index (κ3) is 4.12. The maximum atomic E-state index is 12.2. The lowest BCUT2D eigenvalue weighted by atomic mass is 10.3. The largest absolute Gasteiger partial charge is 0.382 e. The van der Waals surface area contributed by atoms with Crippen molar-refractivity contribution in [2.75, 3.05) is 22.6 Å². The number of thiazole rings is 1. The fraction of sp³-hybridized carbons (Fsp3) is 0.286. The van der Waals surface area contributed by atoms with Crippen LogP contribution in [-0.2, 0) is 0 Å². The lowest BCUT2D eigenvalue weighted by Crippen LogP contribution is -2.12. The molecule has 1 aromatic heterocycles. The van der Waals surface area contributed by atoms with E-state index in [2.05, 4.69) is 15.6 Å². The van der Waals surface area contributed by atoms with Crippen LogP contribution in [0, 0.1) is 0 Å². The van der Waals surface area contributed by atoms with Crippen molar-refractivity contribution in [1.82, 2.24) is 4.98 Å². The van der Waals surface area contributed by atoms with E-state index in [1.165, 1.54) is 11.3 Å². The van der Waals surface area contributed by atoms with Gasteiger partial charge in [-0.15, -0.1) is 11.8 Å². The summed E-state index contributed by atoms with van der Waals surface area (Å²) in [5.74, 6) is 0.0140. The molecular formula is C14H18N4OS2. The number of benzene rings is 1. The summed E-state index contributed by atoms with van der Waals surface area (Å²) in [6, 6.07) is 7.90. The van der Waals surface area contributed by atoms with Gasteiger partial charge in [-0.1, -0.05) is 11.3 Å². The van der Waals surface area contributed by atoms with Crippen LogP contribution in [0.4, 0.5) is 16.6 Å². The molecule has 0 saturated carbocycles. The molecule has 5 nitrogen and oxygen atoms in total. The minimum atomic E-state index is -0.237. The quantitative estimate of drug-likeness (QED) is 0.734. The highest BCUT2D eigenvalue weighted by Gasteiger charge is 2.16. The third-order valence-corrected chi connectivity index (χ3v) is 4.36. The summed E-state index contributed by atoms with van der Waals surface area (Å²) >= 11 is 2.91. The topological polar surface area (TPSA) is 80.0 Å². The van der Waals surface area contributed by atoms with Crippen LogP contribution in [0.5, 0.6) is 0 Å². The smallest absolute Gasteiger partial charge is 0.269 e. The summed E-state index contributed by atoms with van der Waals surface area (Å²) in [7, 11) is 0. The molecule has 0 atom stereocenters. The van der Waals surface area contributed by atoms with Crippen LogP contribution in [0.2, 0.25) is 0 Å². The van der Waals surface area contributed by atoms with E-state index >= 15 is 0 Å². The van der Waals surface area contributed by atoms with Crippen LogP contribution < -0.4 is 16.4 Å². The Kier molecular flexibility index (Phi) is 5.08. The number of nitrogen functional groups attached to an aromatic ring is 1. The van der Waals surface area contributed by atoms with E-state index in [-0.39, 0.29) is 17.8 Å². The molecule has 0 aliphatic heterocycles. The zero-order valence-electron chi connectivity index (χ0n) is 12.1. The molecule has 1 heterocycles. The number of nitrogens with zero attached hydrogens (tertiary/aromatic N) is 1. The number of anilines is 3. The molecule has 2 aromatic rings. The maximum Gasteiger partial charge on any atom is 0.269 e. The standard InChI is InChI=1S/C14H18N4OS2/c1-8(2)16-14-18-12(15)11(21-14)13(19)17-9-4-6-10(20-3)7-5-9/h4-8H,15H2,1-3H3,(H,16,18)(H,17,19). The second-order valence-electron chi connectivity index (χ2n) is 4.72. The van der Waals surface area contributed by atoms with Crippen molar-refractivity contribution in [2.45, 2.75) is 24.8 Å². The molecular weight excluding hydrogens is 304 g/mol. The van der Waals surface area contributed by atoms with Crippen LogP contribution in [-0.4, -0.2) is 23.2 Å². The summed E-state index contributed by atoms with van der Waals surface area (Å²) in [5.41, 5.74) is 6.55. The van der Waals surface area contributed by atoms with E-state index in [4.69, 9.17) is 5.73 Å². The first kappa shape index (κ1) is 15.7. The van der Waals surface area contributed by atoms with Gasteiger partial charge in [0.05, 0.1) is 0 Å². The van der Waals surface area contributed by atoms with Crippen molar-refractivity contribution in [3.8, 4) is 0 Å². The Morgan fingerprint density at radius 1 is 1.33 bits per heavy atom. The lowest BCUT2D eigenvalue weighted by Gasteiger charge is -2.05. The average Bonchev–Trinajstić information content (AvgIpc) is 2.79. The summed E-state index contributed by atoms with van der Waals surface area (Å²) in [5, 5.41) is 6.63. The Morgan fingerprint density at radius 2 is 2.00 bits per heavy atom. The highest BCUT2D eigenvalue weighted by molar-refractivity contribution is 7.98. The van der Waals surface area contributed by atoms with Crippen molar-refractivity contribution >= 4 is 45.6 Å². The van der Waals surface area contributed by atoms with Gasteiger partial charge in [0.1, 0.15) is 10.7 Å². The molecule has 4 N–H and O–H groups in total. The van der Waals surface area contributed by atoms with E-state index in [1.54, 1.807) is 11.8 Å². The van der Waals surface area contributed by atoms with E-state index < -0.39 is 0 Å². The summed E-state index contributed by atoms with van der Waals surface area (Å²) < 4.78 is 0. The predicted octanol–water partition coefficient (Wildman–Crippen LogP) is 3.52. The SMILES string of the molecule is CSc1ccc(NC(=O)c2sc(NC(C)C)nc2N)cc1. The molecule has 0 bridgehead atoms. The molecule has 0 aliphatic carbocycles. The summed E-state index contributed by atoms with van der Waals surface area (Å²) in [4.78, 5) is 18.0. The molecule has 0 unspecified atom stereocenters. The first-order valence-corrected chi connectivity index (χ1v) is 8.52. The Balaban J connectivity index is 2.10. The number of carbonyl (C=O) groups excluding carboxylic acids is 1. The molecule has 0 radical (unpaired) electrons. The maximum absolute atomic E-state index is 12.2. The van der Waals surface area contributed by atoms with Crippen LogP contribution >= 0.6 is 23.1 Å². The van der Waals surface area contributed by atoms with E-state index in [0.717, 1.165) is 10.6 Å². The molecule has 112 valence electrons. The first-order chi connectivity index (χ1) is 9.99. The molecule has 0 spiro atoms. The number of amides is 1. The van der Waals surface area contributed by atoms with E-state index in [0.29, 0.717) is 10.0 Å². The molecule has 21 heavy (non-hydrogen) atoms. The van der Waals surface area contributed by atoms with Crippen LogP contribution in [0.3, 0.4) is 0 Å². The molecule has 1 aromatic carbocycles. The summed E-state index contributed by atoms with van der Waals surface area (Å²) in [6.07, 6.45) is 2.01. The second-order valence-corrected chi connectivity index (χ2v) is 6.59. The number of aromatic nitrogens is 1. The number of hydrogen-bond donors (Lipinski definition) is 3.